The average molecular weight is 288 g/mol. The molecule has 0 fully saturated rings. The molecule has 0 aliphatic heterocycles. The quantitative estimate of drug-likeness (QED) is 0.859. The van der Waals surface area contributed by atoms with Gasteiger partial charge in [-0.25, -0.2) is 4.79 Å². The number of hydrogen-bond acceptors (Lipinski definition) is 4. The maximum atomic E-state index is 12.4. The fraction of sp³-hybridized carbons (Fsp3) is 0.267. The number of benzene rings is 1. The highest BCUT2D eigenvalue weighted by atomic mass is 16.5. The molecule has 1 aromatic carbocycles. The minimum absolute atomic E-state index is 0.00394. The Morgan fingerprint density at radius 3 is 2.71 bits per heavy atom. The van der Waals surface area contributed by atoms with E-state index in [0.717, 1.165) is 0 Å². The van der Waals surface area contributed by atoms with E-state index in [1.807, 2.05) is 0 Å². The van der Waals surface area contributed by atoms with Gasteiger partial charge in [0, 0.05) is 12.4 Å². The number of aromatic hydroxyl groups is 1. The number of ether oxygens (including phenoxy) is 1. The lowest BCUT2D eigenvalue weighted by Gasteiger charge is -2.11. The van der Waals surface area contributed by atoms with Crippen LogP contribution in [0.3, 0.4) is 0 Å². The summed E-state index contributed by atoms with van der Waals surface area (Å²) in [5, 5.41) is 10.8. The van der Waals surface area contributed by atoms with Crippen LogP contribution in [-0.4, -0.2) is 28.1 Å². The Hall–Kier alpha value is -2.63. The molecule has 0 atom stereocenters. The number of carbonyl (C=O) groups excluding carboxylic acids is 1. The fourth-order valence-electron chi connectivity index (χ4n) is 2.15. The van der Waals surface area contributed by atoms with E-state index >= 15 is 0 Å². The summed E-state index contributed by atoms with van der Waals surface area (Å²) in [5.41, 5.74) is 0.311. The highest BCUT2D eigenvalue weighted by Crippen LogP contribution is 2.26. The summed E-state index contributed by atoms with van der Waals surface area (Å²) < 4.78 is 6.13. The van der Waals surface area contributed by atoms with Gasteiger partial charge in [0.25, 0.3) is 5.56 Å². The van der Waals surface area contributed by atoms with Gasteiger partial charge >= 0.3 is 6.09 Å². The first-order chi connectivity index (χ1) is 9.97. The van der Waals surface area contributed by atoms with Crippen molar-refractivity contribution < 1.29 is 14.6 Å². The number of aromatic nitrogens is 1. The third-order valence-corrected chi connectivity index (χ3v) is 3.16. The van der Waals surface area contributed by atoms with Crippen LogP contribution in [0.2, 0.25) is 0 Å². The van der Waals surface area contributed by atoms with Gasteiger partial charge in [0.1, 0.15) is 11.3 Å². The van der Waals surface area contributed by atoms with Crippen LogP contribution in [-0.2, 0) is 11.8 Å². The van der Waals surface area contributed by atoms with E-state index in [0.29, 0.717) is 10.9 Å². The Bertz CT molecular complexity index is 790. The molecular formula is C15H16N2O4. The average Bonchev–Trinajstić information content (AvgIpc) is 2.45. The molecule has 1 amide bonds. The molecule has 0 saturated carbocycles. The smallest absolute Gasteiger partial charge is 0.433 e. The maximum absolute atomic E-state index is 12.4. The van der Waals surface area contributed by atoms with Crippen molar-refractivity contribution in [2.75, 3.05) is 6.61 Å². The molecule has 0 aliphatic carbocycles. The third kappa shape index (κ3) is 2.65. The Kier molecular flexibility index (Phi) is 4.07. The second-order valence-electron chi connectivity index (χ2n) is 4.50. The van der Waals surface area contributed by atoms with Crippen molar-refractivity contribution in [1.82, 2.24) is 4.57 Å². The van der Waals surface area contributed by atoms with Gasteiger partial charge in [-0.3, -0.25) is 4.79 Å². The molecule has 21 heavy (non-hydrogen) atoms. The van der Waals surface area contributed by atoms with Gasteiger partial charge in [-0.2, -0.15) is 4.99 Å². The first kappa shape index (κ1) is 14.8. The van der Waals surface area contributed by atoms with Crippen LogP contribution in [0, 0.1) is 0 Å². The van der Waals surface area contributed by atoms with E-state index in [2.05, 4.69) is 4.99 Å². The van der Waals surface area contributed by atoms with E-state index < -0.39 is 11.7 Å². The summed E-state index contributed by atoms with van der Waals surface area (Å²) >= 11 is 0. The molecule has 1 N–H and O–H groups in total. The number of carbonyl (C=O) groups is 1. The predicted molar refractivity (Wildman–Crippen MR) is 80.1 cm³/mol. The van der Waals surface area contributed by atoms with Crippen molar-refractivity contribution >= 4 is 22.7 Å². The lowest BCUT2D eigenvalue weighted by molar-refractivity contribution is 0.163. The van der Waals surface area contributed by atoms with E-state index in [1.54, 1.807) is 38.2 Å². The molecule has 6 nitrogen and oxygen atoms in total. The normalized spacial score (nSPS) is 11.7. The Morgan fingerprint density at radius 1 is 1.38 bits per heavy atom. The monoisotopic (exact) mass is 288 g/mol. The van der Waals surface area contributed by atoms with E-state index in [4.69, 9.17) is 4.74 Å². The number of pyridine rings is 1. The van der Waals surface area contributed by atoms with Crippen LogP contribution in [0.15, 0.2) is 34.1 Å². The van der Waals surface area contributed by atoms with Crippen LogP contribution in [0.4, 0.5) is 4.79 Å². The van der Waals surface area contributed by atoms with Crippen LogP contribution < -0.4 is 5.56 Å². The summed E-state index contributed by atoms with van der Waals surface area (Å²) in [6.07, 6.45) is -0.787. The number of hydrogen-bond donors (Lipinski definition) is 1. The van der Waals surface area contributed by atoms with Gasteiger partial charge in [-0.1, -0.05) is 12.1 Å². The minimum atomic E-state index is -0.787. The lowest BCUT2D eigenvalue weighted by atomic mass is 10.1. The number of aryl methyl sites for hydroxylation is 1. The van der Waals surface area contributed by atoms with E-state index in [9.17, 15) is 14.7 Å². The molecule has 0 spiro atoms. The lowest BCUT2D eigenvalue weighted by Crippen LogP contribution is -2.24. The number of fused-ring (bicyclic) bond motifs is 1. The molecule has 0 saturated heterocycles. The zero-order valence-corrected chi connectivity index (χ0v) is 12.1. The second-order valence-corrected chi connectivity index (χ2v) is 4.50. The molecule has 1 aromatic heterocycles. The summed E-state index contributed by atoms with van der Waals surface area (Å²) in [6.45, 7) is 3.34. The summed E-state index contributed by atoms with van der Waals surface area (Å²) in [6, 6.07) is 6.97. The molecule has 0 radical (unpaired) electrons. The summed E-state index contributed by atoms with van der Waals surface area (Å²) in [7, 11) is 1.60. The highest BCUT2D eigenvalue weighted by molar-refractivity contribution is 6.08. The Labute approximate surface area is 121 Å². The van der Waals surface area contributed by atoms with Crippen molar-refractivity contribution in [1.29, 1.82) is 0 Å². The number of para-hydroxylation sites is 1. The number of nitrogens with zero attached hydrogens (tertiary/aromatic N) is 2. The number of aliphatic imine (C=N–C) groups is 1. The van der Waals surface area contributed by atoms with Crippen LogP contribution in [0.1, 0.15) is 19.4 Å². The fourth-order valence-corrected chi connectivity index (χ4v) is 2.15. The van der Waals surface area contributed by atoms with E-state index in [-0.39, 0.29) is 23.6 Å². The van der Waals surface area contributed by atoms with Crippen molar-refractivity contribution in [3.05, 3.63) is 40.2 Å². The van der Waals surface area contributed by atoms with Crippen LogP contribution in [0.5, 0.6) is 5.75 Å². The van der Waals surface area contributed by atoms with Crippen LogP contribution in [0.25, 0.3) is 10.9 Å². The molecule has 0 aliphatic rings. The van der Waals surface area contributed by atoms with Gasteiger partial charge in [0.05, 0.1) is 17.8 Å². The van der Waals surface area contributed by atoms with Crippen molar-refractivity contribution in [3.63, 3.8) is 0 Å². The molecule has 6 heteroatoms. The molecular weight excluding hydrogens is 272 g/mol. The van der Waals surface area contributed by atoms with Gasteiger partial charge in [0.2, 0.25) is 0 Å². The Balaban J connectivity index is 2.70. The zero-order valence-electron chi connectivity index (χ0n) is 12.1. The molecule has 0 unspecified atom stereocenters. The topological polar surface area (TPSA) is 80.9 Å². The summed E-state index contributed by atoms with van der Waals surface area (Å²) in [4.78, 5) is 27.4. The van der Waals surface area contributed by atoms with Crippen molar-refractivity contribution in [2.45, 2.75) is 13.8 Å². The standard InChI is InChI=1S/C15H16N2O4/c1-4-21-15(20)16-9(2)12-13(18)10-7-5-6-8-11(10)17(3)14(12)19/h5-8,18H,4H2,1-3H3. The first-order valence-corrected chi connectivity index (χ1v) is 6.50. The summed E-state index contributed by atoms with van der Waals surface area (Å²) in [5.74, 6) is -0.181. The highest BCUT2D eigenvalue weighted by Gasteiger charge is 2.17. The van der Waals surface area contributed by atoms with Crippen molar-refractivity contribution in [2.24, 2.45) is 12.0 Å². The van der Waals surface area contributed by atoms with E-state index in [1.165, 1.54) is 11.5 Å². The number of amides is 1. The van der Waals surface area contributed by atoms with Gasteiger partial charge in [-0.05, 0) is 26.0 Å². The second kappa shape index (κ2) is 5.78. The molecule has 110 valence electrons. The van der Waals surface area contributed by atoms with Crippen LogP contribution >= 0.6 is 0 Å². The SMILES string of the molecule is CCOC(=O)N=C(C)c1c(O)c2ccccc2n(C)c1=O. The largest absolute Gasteiger partial charge is 0.506 e. The zero-order chi connectivity index (χ0) is 15.6. The molecule has 0 bridgehead atoms. The third-order valence-electron chi connectivity index (χ3n) is 3.16. The minimum Gasteiger partial charge on any atom is -0.506 e. The van der Waals surface area contributed by atoms with Crippen molar-refractivity contribution in [3.8, 4) is 5.75 Å². The maximum Gasteiger partial charge on any atom is 0.433 e. The molecule has 2 aromatic rings. The predicted octanol–water partition coefficient (Wildman–Crippen LogP) is 2.21. The van der Waals surface area contributed by atoms with Gasteiger partial charge < -0.3 is 14.4 Å². The first-order valence-electron chi connectivity index (χ1n) is 6.50. The van der Waals surface area contributed by atoms with Gasteiger partial charge in [0.15, 0.2) is 0 Å². The molecule has 2 rings (SSSR count). The number of rotatable bonds is 2. The molecule has 1 heterocycles. The van der Waals surface area contributed by atoms with Gasteiger partial charge in [-0.15, -0.1) is 0 Å². The Morgan fingerprint density at radius 2 is 2.05 bits per heavy atom.